The van der Waals surface area contributed by atoms with Crippen molar-refractivity contribution in [3.8, 4) is 23.8 Å². The van der Waals surface area contributed by atoms with E-state index in [0.29, 0.717) is 18.1 Å². The second-order valence-electron chi connectivity index (χ2n) is 4.24. The Hall–Kier alpha value is -2.08. The minimum absolute atomic E-state index is 0.118. The Labute approximate surface area is 118 Å². The number of nitrogens with zero attached hydrogens (tertiary/aromatic N) is 2. The van der Waals surface area contributed by atoms with Gasteiger partial charge in [-0.2, -0.15) is 5.26 Å². The Bertz CT molecular complexity index is 522. The summed E-state index contributed by atoms with van der Waals surface area (Å²) < 4.78 is 16.2. The van der Waals surface area contributed by atoms with Crippen LogP contribution in [-0.4, -0.2) is 31.1 Å². The summed E-state index contributed by atoms with van der Waals surface area (Å²) in [7, 11) is 0. The third-order valence-corrected chi connectivity index (χ3v) is 2.76. The molecule has 2 rings (SSSR count). The molecular formula is C15H16N2O3. The Balaban J connectivity index is 1.65. The van der Waals surface area contributed by atoms with Gasteiger partial charge in [-0.15, -0.1) is 0 Å². The number of nitriles is 1. The lowest BCUT2D eigenvalue weighted by Crippen LogP contribution is -2.22. The summed E-state index contributed by atoms with van der Waals surface area (Å²) in [4.78, 5) is 3.99. The molecule has 1 aromatic heterocycles. The predicted octanol–water partition coefficient (Wildman–Crippen LogP) is 1.88. The lowest BCUT2D eigenvalue weighted by atomic mass is 10.2. The van der Waals surface area contributed by atoms with Gasteiger partial charge in [-0.25, -0.2) is 4.98 Å². The third kappa shape index (κ3) is 4.89. The fourth-order valence-corrected chi connectivity index (χ4v) is 1.75. The number of hydrogen-bond donors (Lipinski definition) is 0. The molecule has 20 heavy (non-hydrogen) atoms. The number of hydrogen-bond acceptors (Lipinski definition) is 5. The van der Waals surface area contributed by atoms with Crippen LogP contribution in [0.5, 0.6) is 5.88 Å². The van der Waals surface area contributed by atoms with Crippen LogP contribution in [0.15, 0.2) is 18.3 Å². The number of aromatic nitrogens is 1. The number of rotatable bonds is 4. The molecule has 104 valence electrons. The fourth-order valence-electron chi connectivity index (χ4n) is 1.75. The molecule has 0 aromatic carbocycles. The number of pyridine rings is 1. The van der Waals surface area contributed by atoms with E-state index in [-0.39, 0.29) is 12.9 Å². The van der Waals surface area contributed by atoms with Crippen molar-refractivity contribution in [2.45, 2.75) is 25.6 Å². The maximum Gasteiger partial charge on any atom is 0.215 e. The van der Waals surface area contributed by atoms with Crippen molar-refractivity contribution in [1.29, 1.82) is 5.26 Å². The zero-order valence-corrected chi connectivity index (χ0v) is 11.2. The second-order valence-corrected chi connectivity index (χ2v) is 4.24. The molecule has 1 aliphatic heterocycles. The van der Waals surface area contributed by atoms with Crippen LogP contribution in [0.2, 0.25) is 0 Å². The summed E-state index contributed by atoms with van der Waals surface area (Å²) in [5, 5.41) is 8.74. The normalized spacial score (nSPS) is 17.6. The van der Waals surface area contributed by atoms with Crippen molar-refractivity contribution in [3.63, 3.8) is 0 Å². The molecule has 2 heterocycles. The van der Waals surface area contributed by atoms with E-state index in [1.165, 1.54) is 6.20 Å². The first kappa shape index (κ1) is 14.3. The molecule has 1 aromatic rings. The second kappa shape index (κ2) is 8.16. The van der Waals surface area contributed by atoms with E-state index in [1.54, 1.807) is 12.1 Å². The van der Waals surface area contributed by atoms with Gasteiger partial charge in [0, 0.05) is 18.9 Å². The van der Waals surface area contributed by atoms with E-state index in [4.69, 9.17) is 19.5 Å². The van der Waals surface area contributed by atoms with E-state index in [0.717, 1.165) is 25.9 Å². The quantitative estimate of drug-likeness (QED) is 0.783. The van der Waals surface area contributed by atoms with Crippen molar-refractivity contribution in [2.24, 2.45) is 0 Å². The zero-order chi connectivity index (χ0) is 14.0. The largest absolute Gasteiger partial charge is 0.464 e. The van der Waals surface area contributed by atoms with Crippen LogP contribution in [-0.2, 0) is 9.47 Å². The molecule has 0 N–H and O–H groups in total. The molecule has 5 nitrogen and oxygen atoms in total. The Morgan fingerprint density at radius 2 is 2.25 bits per heavy atom. The third-order valence-electron chi connectivity index (χ3n) is 2.76. The summed E-state index contributed by atoms with van der Waals surface area (Å²) in [5.74, 6) is 6.09. The van der Waals surface area contributed by atoms with Gasteiger partial charge in [0.1, 0.15) is 6.61 Å². The topological polar surface area (TPSA) is 64.4 Å². The van der Waals surface area contributed by atoms with Crippen LogP contribution in [0.4, 0.5) is 0 Å². The fraction of sp³-hybridized carbons (Fsp3) is 0.467. The van der Waals surface area contributed by atoms with Crippen LogP contribution in [0.3, 0.4) is 0 Å². The Kier molecular flexibility index (Phi) is 5.85. The highest BCUT2D eigenvalue weighted by Gasteiger charge is 2.12. The maximum atomic E-state index is 8.74. The van der Waals surface area contributed by atoms with Crippen molar-refractivity contribution in [2.75, 3.05) is 19.8 Å². The van der Waals surface area contributed by atoms with Crippen LogP contribution in [0.1, 0.15) is 24.8 Å². The molecule has 1 saturated heterocycles. The van der Waals surface area contributed by atoms with E-state index in [9.17, 15) is 0 Å². The molecule has 1 fully saturated rings. The van der Waals surface area contributed by atoms with E-state index in [2.05, 4.69) is 16.8 Å². The SMILES string of the molecule is N#Cc1ccnc(OCC#CCOC2CCCCO2)c1. The molecule has 1 atom stereocenters. The number of ether oxygens (including phenoxy) is 3. The van der Waals surface area contributed by atoms with Crippen LogP contribution >= 0.6 is 0 Å². The van der Waals surface area contributed by atoms with Crippen molar-refractivity contribution in [3.05, 3.63) is 23.9 Å². The minimum atomic E-state index is -0.118. The zero-order valence-electron chi connectivity index (χ0n) is 11.2. The van der Waals surface area contributed by atoms with Crippen molar-refractivity contribution < 1.29 is 14.2 Å². The molecule has 1 unspecified atom stereocenters. The van der Waals surface area contributed by atoms with Crippen LogP contribution in [0.25, 0.3) is 0 Å². The van der Waals surface area contributed by atoms with Gasteiger partial charge in [0.2, 0.25) is 5.88 Å². The highest BCUT2D eigenvalue weighted by Crippen LogP contribution is 2.13. The molecule has 0 aliphatic carbocycles. The van der Waals surface area contributed by atoms with Crippen molar-refractivity contribution in [1.82, 2.24) is 4.98 Å². The molecule has 0 amide bonds. The van der Waals surface area contributed by atoms with Gasteiger partial charge in [0.05, 0.1) is 11.6 Å². The Morgan fingerprint density at radius 1 is 1.35 bits per heavy atom. The van der Waals surface area contributed by atoms with Crippen LogP contribution < -0.4 is 4.74 Å². The smallest absolute Gasteiger partial charge is 0.215 e. The highest BCUT2D eigenvalue weighted by atomic mass is 16.7. The van der Waals surface area contributed by atoms with Gasteiger partial charge in [-0.3, -0.25) is 0 Å². The summed E-state index contributed by atoms with van der Waals surface area (Å²) in [6.07, 6.45) is 4.59. The van der Waals surface area contributed by atoms with E-state index >= 15 is 0 Å². The maximum absolute atomic E-state index is 8.74. The summed E-state index contributed by atoms with van der Waals surface area (Å²) in [5.41, 5.74) is 0.515. The standard InChI is InChI=1S/C15H16N2O3/c16-12-13-6-7-17-14(11-13)18-8-3-4-10-20-15-5-1-2-9-19-15/h6-7,11,15H,1-2,5,8-10H2. The molecule has 1 aliphatic rings. The van der Waals surface area contributed by atoms with Gasteiger partial charge in [-0.05, 0) is 25.3 Å². The lowest BCUT2D eigenvalue weighted by molar-refractivity contribution is -0.154. The van der Waals surface area contributed by atoms with Gasteiger partial charge in [0.25, 0.3) is 0 Å². The summed E-state index contributed by atoms with van der Waals surface area (Å²) in [6.45, 7) is 1.32. The Morgan fingerprint density at radius 3 is 3.05 bits per heavy atom. The molecule has 5 heteroatoms. The molecule has 0 radical (unpaired) electrons. The van der Waals surface area contributed by atoms with Gasteiger partial charge in [-0.1, -0.05) is 11.8 Å². The molecule has 0 saturated carbocycles. The predicted molar refractivity (Wildman–Crippen MR) is 71.8 cm³/mol. The molecule has 0 spiro atoms. The monoisotopic (exact) mass is 272 g/mol. The first-order valence-electron chi connectivity index (χ1n) is 6.56. The minimum Gasteiger partial charge on any atom is -0.464 e. The average Bonchev–Trinajstić information content (AvgIpc) is 2.52. The molecule has 0 bridgehead atoms. The van der Waals surface area contributed by atoms with E-state index in [1.807, 2.05) is 6.07 Å². The average molecular weight is 272 g/mol. The van der Waals surface area contributed by atoms with Gasteiger partial charge in [0.15, 0.2) is 12.9 Å². The first-order chi connectivity index (χ1) is 9.88. The lowest BCUT2D eigenvalue weighted by Gasteiger charge is -2.21. The van der Waals surface area contributed by atoms with Crippen LogP contribution in [0, 0.1) is 23.2 Å². The molecular weight excluding hydrogens is 256 g/mol. The first-order valence-corrected chi connectivity index (χ1v) is 6.56. The van der Waals surface area contributed by atoms with Gasteiger partial charge >= 0.3 is 0 Å². The van der Waals surface area contributed by atoms with Gasteiger partial charge < -0.3 is 14.2 Å². The highest BCUT2D eigenvalue weighted by molar-refractivity contribution is 5.31. The summed E-state index contributed by atoms with van der Waals surface area (Å²) >= 11 is 0. The van der Waals surface area contributed by atoms with Crippen molar-refractivity contribution >= 4 is 0 Å². The van der Waals surface area contributed by atoms with E-state index < -0.39 is 0 Å². The summed E-state index contributed by atoms with van der Waals surface area (Å²) in [6, 6.07) is 5.22.